The van der Waals surface area contributed by atoms with Gasteiger partial charge in [0.1, 0.15) is 0 Å². The number of benzene rings is 2. The summed E-state index contributed by atoms with van der Waals surface area (Å²) in [5.74, 6) is -2.51. The minimum atomic E-state index is -1.26. The van der Waals surface area contributed by atoms with Gasteiger partial charge >= 0.3 is 11.9 Å². The summed E-state index contributed by atoms with van der Waals surface area (Å²) in [6.07, 6.45) is 1.87. The zero-order valence-corrected chi connectivity index (χ0v) is 15.5. The Bertz CT molecular complexity index is 773. The summed E-state index contributed by atoms with van der Waals surface area (Å²) in [5.41, 5.74) is 8.11. The molecule has 0 saturated heterocycles. The highest BCUT2D eigenvalue weighted by Crippen LogP contribution is 2.29. The van der Waals surface area contributed by atoms with Gasteiger partial charge < -0.3 is 15.9 Å². The van der Waals surface area contributed by atoms with Gasteiger partial charge in [0, 0.05) is 17.7 Å². The molecule has 0 aliphatic heterocycles. The lowest BCUT2D eigenvalue weighted by atomic mass is 9.87. The van der Waals surface area contributed by atoms with E-state index in [9.17, 15) is 9.59 Å². The van der Waals surface area contributed by atoms with Crippen molar-refractivity contribution in [2.45, 2.75) is 18.9 Å². The molecule has 0 bridgehead atoms. The standard InChI is InChI=1S/C15H15Cl2N.C4H4O4/c1-15(18,10-11-5-3-2-4-6-11)12-7-8-13(16)14(17)9-12;5-3(6)1-2-4(7)8/h2-9H,10,18H2,1H3;1-2H,(H,5,6)(H,7,8)/b;2-1-. The molecule has 0 radical (unpaired) electrons. The van der Waals surface area contributed by atoms with Gasteiger partial charge in [-0.2, -0.15) is 0 Å². The van der Waals surface area contributed by atoms with Gasteiger partial charge in [-0.3, -0.25) is 0 Å². The second kappa shape index (κ2) is 9.97. The summed E-state index contributed by atoms with van der Waals surface area (Å²) in [5, 5.41) is 16.7. The summed E-state index contributed by atoms with van der Waals surface area (Å²) in [6, 6.07) is 15.7. The average Bonchev–Trinajstić information content (AvgIpc) is 2.56. The Morgan fingerprint density at radius 1 is 1.00 bits per heavy atom. The number of carboxylic acids is 2. The molecule has 26 heavy (non-hydrogen) atoms. The van der Waals surface area contributed by atoms with Gasteiger partial charge in [0.2, 0.25) is 0 Å². The fraction of sp³-hybridized carbons (Fsp3) is 0.158. The number of carboxylic acid groups (broad SMARTS) is 2. The van der Waals surface area contributed by atoms with Gasteiger partial charge in [0.05, 0.1) is 10.0 Å². The Morgan fingerprint density at radius 3 is 2.00 bits per heavy atom. The van der Waals surface area contributed by atoms with E-state index in [0.717, 1.165) is 12.0 Å². The molecule has 2 aromatic carbocycles. The van der Waals surface area contributed by atoms with Gasteiger partial charge in [-0.1, -0.05) is 59.6 Å². The second-order valence-corrected chi connectivity index (χ2v) is 6.53. The first-order chi connectivity index (χ1) is 12.1. The number of aliphatic carboxylic acids is 2. The molecule has 138 valence electrons. The van der Waals surface area contributed by atoms with Crippen molar-refractivity contribution in [1.29, 1.82) is 0 Å². The molecule has 2 aromatic rings. The van der Waals surface area contributed by atoms with Crippen LogP contribution in [0, 0.1) is 0 Å². The molecule has 0 heterocycles. The maximum absolute atomic E-state index is 9.55. The van der Waals surface area contributed by atoms with Crippen molar-refractivity contribution in [3.8, 4) is 0 Å². The highest BCUT2D eigenvalue weighted by atomic mass is 35.5. The minimum Gasteiger partial charge on any atom is -0.478 e. The van der Waals surface area contributed by atoms with Crippen LogP contribution in [0.2, 0.25) is 10.0 Å². The van der Waals surface area contributed by atoms with Crippen LogP contribution in [-0.4, -0.2) is 22.2 Å². The number of hydrogen-bond acceptors (Lipinski definition) is 3. The Morgan fingerprint density at radius 2 is 1.54 bits per heavy atom. The van der Waals surface area contributed by atoms with Gasteiger partial charge in [0.15, 0.2) is 0 Å². The van der Waals surface area contributed by atoms with E-state index in [-0.39, 0.29) is 0 Å². The van der Waals surface area contributed by atoms with Crippen LogP contribution in [0.4, 0.5) is 0 Å². The predicted molar refractivity (Wildman–Crippen MR) is 103 cm³/mol. The predicted octanol–water partition coefficient (Wildman–Crippen LogP) is 4.12. The van der Waals surface area contributed by atoms with Crippen molar-refractivity contribution in [2.75, 3.05) is 0 Å². The fourth-order valence-corrected chi connectivity index (χ4v) is 2.41. The first kappa shape index (κ1) is 21.7. The lowest BCUT2D eigenvalue weighted by Crippen LogP contribution is -2.35. The van der Waals surface area contributed by atoms with E-state index in [1.165, 1.54) is 5.56 Å². The number of halogens is 2. The van der Waals surface area contributed by atoms with Crippen LogP contribution >= 0.6 is 23.2 Å². The molecular formula is C19H19Cl2NO4. The van der Waals surface area contributed by atoms with Crippen molar-refractivity contribution in [3.05, 3.63) is 81.9 Å². The SMILES string of the molecule is CC(N)(Cc1ccccc1)c1ccc(Cl)c(Cl)c1.O=C(O)/C=C\C(=O)O. The van der Waals surface area contributed by atoms with Crippen molar-refractivity contribution in [3.63, 3.8) is 0 Å². The summed E-state index contributed by atoms with van der Waals surface area (Å²) < 4.78 is 0. The Hall–Kier alpha value is -2.34. The summed E-state index contributed by atoms with van der Waals surface area (Å²) in [4.78, 5) is 19.1. The number of carbonyl (C=O) groups is 2. The first-order valence-corrected chi connectivity index (χ1v) is 8.29. The molecule has 0 amide bonds. The molecule has 7 heteroatoms. The number of rotatable bonds is 5. The van der Waals surface area contributed by atoms with E-state index in [1.807, 2.05) is 37.3 Å². The maximum Gasteiger partial charge on any atom is 0.328 e. The molecule has 1 unspecified atom stereocenters. The molecule has 1 atom stereocenters. The van der Waals surface area contributed by atoms with Crippen LogP contribution in [0.25, 0.3) is 0 Å². The summed E-state index contributed by atoms with van der Waals surface area (Å²) in [6.45, 7) is 2.00. The normalized spacial score (nSPS) is 12.8. The summed E-state index contributed by atoms with van der Waals surface area (Å²) in [7, 11) is 0. The van der Waals surface area contributed by atoms with Crippen molar-refractivity contribution in [1.82, 2.24) is 0 Å². The third kappa shape index (κ3) is 7.70. The maximum atomic E-state index is 9.55. The Balaban J connectivity index is 0.000000359. The van der Waals surface area contributed by atoms with Gasteiger partial charge in [-0.05, 0) is 36.6 Å². The molecule has 0 aliphatic carbocycles. The molecule has 5 nitrogen and oxygen atoms in total. The highest BCUT2D eigenvalue weighted by molar-refractivity contribution is 6.42. The van der Waals surface area contributed by atoms with Crippen molar-refractivity contribution in [2.24, 2.45) is 5.73 Å². The smallest absolute Gasteiger partial charge is 0.328 e. The highest BCUT2D eigenvalue weighted by Gasteiger charge is 2.22. The zero-order chi connectivity index (χ0) is 19.7. The molecule has 0 fully saturated rings. The fourth-order valence-electron chi connectivity index (χ4n) is 2.12. The van der Waals surface area contributed by atoms with Crippen LogP contribution in [0.15, 0.2) is 60.7 Å². The Kier molecular flexibility index (Phi) is 8.32. The van der Waals surface area contributed by atoms with Crippen LogP contribution < -0.4 is 5.73 Å². The van der Waals surface area contributed by atoms with Crippen LogP contribution in [0.1, 0.15) is 18.1 Å². The van der Waals surface area contributed by atoms with E-state index in [1.54, 1.807) is 6.07 Å². The molecule has 0 saturated carbocycles. The van der Waals surface area contributed by atoms with E-state index in [4.69, 9.17) is 39.1 Å². The first-order valence-electron chi connectivity index (χ1n) is 7.54. The molecule has 2 rings (SSSR count). The quantitative estimate of drug-likeness (QED) is 0.660. The lowest BCUT2D eigenvalue weighted by molar-refractivity contribution is -0.134. The van der Waals surface area contributed by atoms with Crippen LogP contribution in [0.5, 0.6) is 0 Å². The number of hydrogen-bond donors (Lipinski definition) is 3. The van der Waals surface area contributed by atoms with E-state index in [2.05, 4.69) is 12.1 Å². The van der Waals surface area contributed by atoms with Crippen LogP contribution in [0.3, 0.4) is 0 Å². The molecule has 0 aromatic heterocycles. The lowest BCUT2D eigenvalue weighted by Gasteiger charge is -2.26. The third-order valence-electron chi connectivity index (χ3n) is 3.36. The molecule has 4 N–H and O–H groups in total. The molecule has 0 aliphatic rings. The number of nitrogens with two attached hydrogens (primary N) is 1. The van der Waals surface area contributed by atoms with Crippen LogP contribution in [-0.2, 0) is 21.5 Å². The topological polar surface area (TPSA) is 101 Å². The van der Waals surface area contributed by atoms with E-state index >= 15 is 0 Å². The van der Waals surface area contributed by atoms with Crippen molar-refractivity contribution >= 4 is 35.1 Å². The molecule has 0 spiro atoms. The van der Waals surface area contributed by atoms with Gasteiger partial charge in [-0.25, -0.2) is 9.59 Å². The zero-order valence-electron chi connectivity index (χ0n) is 14.0. The van der Waals surface area contributed by atoms with E-state index < -0.39 is 17.5 Å². The second-order valence-electron chi connectivity index (χ2n) is 5.72. The minimum absolute atomic E-state index is 0.463. The average molecular weight is 396 g/mol. The summed E-state index contributed by atoms with van der Waals surface area (Å²) >= 11 is 12.0. The van der Waals surface area contributed by atoms with Crippen molar-refractivity contribution < 1.29 is 19.8 Å². The Labute approximate surface area is 161 Å². The third-order valence-corrected chi connectivity index (χ3v) is 4.10. The largest absolute Gasteiger partial charge is 0.478 e. The van der Waals surface area contributed by atoms with Gasteiger partial charge in [0.25, 0.3) is 0 Å². The van der Waals surface area contributed by atoms with E-state index in [0.29, 0.717) is 22.2 Å². The van der Waals surface area contributed by atoms with Gasteiger partial charge in [-0.15, -0.1) is 0 Å². The molecular weight excluding hydrogens is 377 g/mol. The monoisotopic (exact) mass is 395 g/mol.